The molecule has 0 atom stereocenters. The van der Waals surface area contributed by atoms with E-state index in [1.54, 1.807) is 0 Å². The third kappa shape index (κ3) is 3.15. The van der Waals surface area contributed by atoms with E-state index in [2.05, 4.69) is 10.6 Å². The highest BCUT2D eigenvalue weighted by Gasteiger charge is 2.31. The number of nitrogens with zero attached hydrogens (tertiary/aromatic N) is 2. The van der Waals surface area contributed by atoms with E-state index in [4.69, 9.17) is 5.53 Å². The van der Waals surface area contributed by atoms with Crippen molar-refractivity contribution in [1.82, 2.24) is 0 Å². The van der Waals surface area contributed by atoms with Crippen molar-refractivity contribution in [3.63, 3.8) is 0 Å². The Morgan fingerprint density at radius 3 is 2.42 bits per heavy atom. The molecule has 0 amide bonds. The summed E-state index contributed by atoms with van der Waals surface area (Å²) in [6.45, 7) is 1.64. The van der Waals surface area contributed by atoms with Gasteiger partial charge in [0.1, 0.15) is 0 Å². The van der Waals surface area contributed by atoms with Gasteiger partial charge in [-0.3, -0.25) is 5.43 Å². The first-order valence-corrected chi connectivity index (χ1v) is 6.11. The van der Waals surface area contributed by atoms with Crippen molar-refractivity contribution in [2.24, 2.45) is 5.22 Å². The van der Waals surface area contributed by atoms with Crippen LogP contribution in [0.1, 0.15) is 24.8 Å². The van der Waals surface area contributed by atoms with Gasteiger partial charge >= 0.3 is 6.18 Å². The summed E-state index contributed by atoms with van der Waals surface area (Å²) in [6.07, 6.45) is -1.20. The summed E-state index contributed by atoms with van der Waals surface area (Å²) >= 11 is 0. The molecule has 0 radical (unpaired) electrons. The lowest BCUT2D eigenvalue weighted by Gasteiger charge is -2.30. The zero-order valence-electron chi connectivity index (χ0n) is 10.3. The third-order valence-electron chi connectivity index (χ3n) is 3.20. The van der Waals surface area contributed by atoms with Crippen LogP contribution in [-0.2, 0) is 6.18 Å². The SMILES string of the molecule is N=NNc1cc(C(F)(F)F)ccc1N1CCCCC1. The fourth-order valence-corrected chi connectivity index (χ4v) is 2.27. The molecule has 0 bridgehead atoms. The summed E-state index contributed by atoms with van der Waals surface area (Å²) in [5.41, 5.74) is 9.29. The Morgan fingerprint density at radius 1 is 1.16 bits per heavy atom. The standard InChI is InChI=1S/C12H15F3N4/c13-12(14,15)9-4-5-11(10(8-9)17-18-16)19-6-2-1-3-7-19/h4-5,8H,1-3,6-7H2,(H2,16,17). The molecule has 0 aromatic heterocycles. The first-order valence-electron chi connectivity index (χ1n) is 6.11. The second-order valence-electron chi connectivity index (χ2n) is 4.50. The normalized spacial score (nSPS) is 16.3. The molecule has 1 saturated heterocycles. The minimum Gasteiger partial charge on any atom is -0.370 e. The highest BCUT2D eigenvalue weighted by Crippen LogP contribution is 2.36. The predicted octanol–water partition coefficient (Wildman–Crippen LogP) is 4.05. The topological polar surface area (TPSA) is 51.5 Å². The summed E-state index contributed by atoms with van der Waals surface area (Å²) in [7, 11) is 0. The zero-order chi connectivity index (χ0) is 13.9. The number of alkyl halides is 3. The second-order valence-corrected chi connectivity index (χ2v) is 4.50. The van der Waals surface area contributed by atoms with E-state index < -0.39 is 11.7 Å². The van der Waals surface area contributed by atoms with Gasteiger partial charge in [0.15, 0.2) is 0 Å². The number of nitrogens with one attached hydrogen (secondary N) is 2. The van der Waals surface area contributed by atoms with Gasteiger partial charge in [-0.1, -0.05) is 5.22 Å². The molecule has 1 aromatic rings. The van der Waals surface area contributed by atoms with E-state index in [1.165, 1.54) is 6.07 Å². The minimum atomic E-state index is -4.39. The molecule has 4 nitrogen and oxygen atoms in total. The maximum Gasteiger partial charge on any atom is 0.416 e. The lowest BCUT2D eigenvalue weighted by atomic mass is 10.1. The Bertz CT molecular complexity index is 453. The molecule has 0 spiro atoms. The number of benzene rings is 1. The quantitative estimate of drug-likeness (QED) is 0.644. The van der Waals surface area contributed by atoms with Crippen LogP contribution in [0, 0.1) is 5.53 Å². The number of rotatable bonds is 3. The molecule has 0 unspecified atom stereocenters. The highest BCUT2D eigenvalue weighted by molar-refractivity contribution is 5.71. The smallest absolute Gasteiger partial charge is 0.370 e. The third-order valence-corrected chi connectivity index (χ3v) is 3.20. The van der Waals surface area contributed by atoms with E-state index in [1.807, 2.05) is 4.90 Å². The summed E-state index contributed by atoms with van der Waals surface area (Å²) in [6, 6.07) is 3.52. The van der Waals surface area contributed by atoms with Gasteiger partial charge in [0.25, 0.3) is 0 Å². The lowest BCUT2D eigenvalue weighted by molar-refractivity contribution is -0.137. The molecule has 19 heavy (non-hydrogen) atoms. The van der Waals surface area contributed by atoms with Crippen molar-refractivity contribution in [3.8, 4) is 0 Å². The molecule has 104 valence electrons. The van der Waals surface area contributed by atoms with E-state index >= 15 is 0 Å². The fraction of sp³-hybridized carbons (Fsp3) is 0.500. The molecule has 1 heterocycles. The Balaban J connectivity index is 2.34. The minimum absolute atomic E-state index is 0.228. The summed E-state index contributed by atoms with van der Waals surface area (Å²) in [5.74, 6) is 0. The van der Waals surface area contributed by atoms with Crippen molar-refractivity contribution < 1.29 is 13.2 Å². The highest BCUT2D eigenvalue weighted by atomic mass is 19.4. The number of hydrogen-bond acceptors (Lipinski definition) is 3. The van der Waals surface area contributed by atoms with E-state index in [9.17, 15) is 13.2 Å². The zero-order valence-corrected chi connectivity index (χ0v) is 10.3. The largest absolute Gasteiger partial charge is 0.416 e. The van der Waals surface area contributed by atoms with Crippen LogP contribution in [0.2, 0.25) is 0 Å². The van der Waals surface area contributed by atoms with Crippen molar-refractivity contribution in [1.29, 1.82) is 5.53 Å². The first-order chi connectivity index (χ1) is 9.02. The Kier molecular flexibility index (Phi) is 3.92. The van der Waals surface area contributed by atoms with Gasteiger partial charge in [0, 0.05) is 13.1 Å². The van der Waals surface area contributed by atoms with Crippen molar-refractivity contribution in [2.75, 3.05) is 23.4 Å². The van der Waals surface area contributed by atoms with Crippen LogP contribution in [0.4, 0.5) is 24.5 Å². The average Bonchev–Trinajstić information content (AvgIpc) is 2.39. The molecular weight excluding hydrogens is 257 g/mol. The Morgan fingerprint density at radius 2 is 1.84 bits per heavy atom. The van der Waals surface area contributed by atoms with E-state index in [0.29, 0.717) is 5.69 Å². The van der Waals surface area contributed by atoms with Crippen LogP contribution in [0.5, 0.6) is 0 Å². The van der Waals surface area contributed by atoms with Crippen LogP contribution >= 0.6 is 0 Å². The lowest BCUT2D eigenvalue weighted by Crippen LogP contribution is -2.30. The van der Waals surface area contributed by atoms with Crippen LogP contribution in [-0.4, -0.2) is 13.1 Å². The van der Waals surface area contributed by atoms with Gasteiger partial charge in [0.05, 0.1) is 16.9 Å². The molecular formula is C12H15F3N4. The molecule has 0 aliphatic carbocycles. The second kappa shape index (κ2) is 5.46. The van der Waals surface area contributed by atoms with Crippen molar-refractivity contribution in [2.45, 2.75) is 25.4 Å². The van der Waals surface area contributed by atoms with Crippen LogP contribution in [0.25, 0.3) is 0 Å². The van der Waals surface area contributed by atoms with Crippen LogP contribution in [0.3, 0.4) is 0 Å². The van der Waals surface area contributed by atoms with Gasteiger partial charge in [0.2, 0.25) is 0 Å². The maximum absolute atomic E-state index is 12.7. The summed E-state index contributed by atoms with van der Waals surface area (Å²) < 4.78 is 38.0. The monoisotopic (exact) mass is 272 g/mol. The molecule has 1 aromatic carbocycles. The number of piperidine rings is 1. The van der Waals surface area contributed by atoms with Gasteiger partial charge in [-0.05, 0) is 37.5 Å². The van der Waals surface area contributed by atoms with Gasteiger partial charge in [-0.15, -0.1) is 0 Å². The van der Waals surface area contributed by atoms with E-state index in [-0.39, 0.29) is 5.69 Å². The van der Waals surface area contributed by atoms with Gasteiger partial charge in [-0.2, -0.15) is 18.7 Å². The number of anilines is 2. The maximum atomic E-state index is 12.7. The first kappa shape index (κ1) is 13.6. The molecule has 1 fully saturated rings. The number of hydrogen-bond donors (Lipinski definition) is 2. The molecule has 1 aliphatic rings. The number of halogens is 3. The Hall–Kier alpha value is -1.79. The average molecular weight is 272 g/mol. The van der Waals surface area contributed by atoms with Crippen molar-refractivity contribution in [3.05, 3.63) is 23.8 Å². The molecule has 2 N–H and O–H groups in total. The fourth-order valence-electron chi connectivity index (χ4n) is 2.27. The van der Waals surface area contributed by atoms with Crippen molar-refractivity contribution >= 4 is 11.4 Å². The van der Waals surface area contributed by atoms with Crippen LogP contribution in [0.15, 0.2) is 23.4 Å². The van der Waals surface area contributed by atoms with Gasteiger partial charge in [-0.25, -0.2) is 0 Å². The molecule has 7 heteroatoms. The summed E-state index contributed by atoms with van der Waals surface area (Å²) in [4.78, 5) is 2.02. The summed E-state index contributed by atoms with van der Waals surface area (Å²) in [5, 5.41) is 2.99. The molecule has 0 saturated carbocycles. The molecule has 2 rings (SSSR count). The predicted molar refractivity (Wildman–Crippen MR) is 66.3 cm³/mol. The Labute approximate surface area is 109 Å². The van der Waals surface area contributed by atoms with Crippen LogP contribution < -0.4 is 10.3 Å². The molecule has 1 aliphatic heterocycles. The van der Waals surface area contributed by atoms with Gasteiger partial charge < -0.3 is 4.90 Å². The van der Waals surface area contributed by atoms with E-state index in [0.717, 1.165) is 44.5 Å².